The normalized spacial score (nSPS) is 11.6. The van der Waals surface area contributed by atoms with Gasteiger partial charge in [-0.3, -0.25) is 0 Å². The van der Waals surface area contributed by atoms with Crippen molar-refractivity contribution >= 4 is 43.7 Å². The minimum atomic E-state index is 0.576. The van der Waals surface area contributed by atoms with Crippen molar-refractivity contribution in [3.63, 3.8) is 0 Å². The van der Waals surface area contributed by atoms with Gasteiger partial charge in [0.05, 0.1) is 16.7 Å². The van der Waals surface area contributed by atoms with Gasteiger partial charge in [0.2, 0.25) is 0 Å². The second kappa shape index (κ2) is 13.0. The second-order valence-electron chi connectivity index (χ2n) is 14.0. The van der Waals surface area contributed by atoms with Crippen molar-refractivity contribution in [1.82, 2.24) is 19.5 Å². The highest BCUT2D eigenvalue weighted by molar-refractivity contribution is 6.12. The Morgan fingerprint density at radius 3 is 1.57 bits per heavy atom. The number of furan rings is 1. The van der Waals surface area contributed by atoms with Gasteiger partial charge in [-0.15, -0.1) is 0 Å². The lowest BCUT2D eigenvalue weighted by Gasteiger charge is -2.16. The third kappa shape index (κ3) is 5.29. The van der Waals surface area contributed by atoms with Crippen LogP contribution in [0.3, 0.4) is 0 Å². The van der Waals surface area contributed by atoms with Crippen molar-refractivity contribution in [2.24, 2.45) is 0 Å². The van der Waals surface area contributed by atoms with Crippen LogP contribution >= 0.6 is 0 Å². The van der Waals surface area contributed by atoms with Gasteiger partial charge in [0.25, 0.3) is 0 Å². The number of rotatable bonds is 6. The van der Waals surface area contributed by atoms with Gasteiger partial charge in [-0.1, -0.05) is 152 Å². The standard InChI is InChI=1S/C51H32N4O/c1-3-15-33(16-4-1)35-19-13-20-37(31-35)49-52-50(54-51(53-49)42-24-14-28-47-48(42)41-23-9-12-27-46(41)56-47)40-30-29-36(34-17-5-2-6-18-34)32-45(40)55-43-25-10-7-21-38(43)39-22-8-11-26-44(39)55/h1-32H. The summed E-state index contributed by atoms with van der Waals surface area (Å²) in [5, 5.41) is 4.37. The Morgan fingerprint density at radius 2 is 0.857 bits per heavy atom. The van der Waals surface area contributed by atoms with Crippen molar-refractivity contribution in [1.29, 1.82) is 0 Å². The van der Waals surface area contributed by atoms with E-state index in [0.717, 1.165) is 77.6 Å². The van der Waals surface area contributed by atoms with Crippen molar-refractivity contribution in [3.8, 4) is 62.1 Å². The zero-order chi connectivity index (χ0) is 37.0. The molecule has 11 rings (SSSR count). The molecule has 0 aliphatic heterocycles. The molecular weight excluding hydrogens is 685 g/mol. The Hall–Kier alpha value is -7.63. The summed E-state index contributed by atoms with van der Waals surface area (Å²) >= 11 is 0. The Morgan fingerprint density at radius 1 is 0.339 bits per heavy atom. The maximum Gasteiger partial charge on any atom is 0.166 e. The van der Waals surface area contributed by atoms with Crippen LogP contribution in [0.4, 0.5) is 0 Å². The van der Waals surface area contributed by atoms with Crippen molar-refractivity contribution in [2.75, 3.05) is 0 Å². The topological polar surface area (TPSA) is 56.7 Å². The lowest BCUT2D eigenvalue weighted by atomic mass is 10.0. The van der Waals surface area contributed by atoms with Gasteiger partial charge in [0.15, 0.2) is 17.5 Å². The van der Waals surface area contributed by atoms with Gasteiger partial charge in [-0.05, 0) is 64.7 Å². The molecule has 0 radical (unpaired) electrons. The van der Waals surface area contributed by atoms with Crippen LogP contribution in [0.25, 0.3) is 106 Å². The third-order valence-corrected chi connectivity index (χ3v) is 10.7. The summed E-state index contributed by atoms with van der Waals surface area (Å²) in [5.41, 5.74) is 12.0. The summed E-state index contributed by atoms with van der Waals surface area (Å²) in [6, 6.07) is 67.4. The minimum Gasteiger partial charge on any atom is -0.456 e. The molecule has 3 heterocycles. The Kier molecular flexibility index (Phi) is 7.42. The summed E-state index contributed by atoms with van der Waals surface area (Å²) in [7, 11) is 0. The van der Waals surface area contributed by atoms with E-state index < -0.39 is 0 Å². The molecule has 0 unspecified atom stereocenters. The summed E-state index contributed by atoms with van der Waals surface area (Å²) in [4.78, 5) is 16.0. The molecule has 0 fully saturated rings. The molecule has 0 bridgehead atoms. The predicted molar refractivity (Wildman–Crippen MR) is 229 cm³/mol. The van der Waals surface area contributed by atoms with E-state index in [0.29, 0.717) is 17.5 Å². The number of fused-ring (bicyclic) bond motifs is 6. The second-order valence-corrected chi connectivity index (χ2v) is 14.0. The molecule has 0 N–H and O–H groups in total. The van der Waals surface area contributed by atoms with E-state index in [9.17, 15) is 0 Å². The zero-order valence-electron chi connectivity index (χ0n) is 30.2. The lowest BCUT2D eigenvalue weighted by Crippen LogP contribution is -2.04. The summed E-state index contributed by atoms with van der Waals surface area (Å²) in [6.07, 6.45) is 0. The summed E-state index contributed by atoms with van der Waals surface area (Å²) in [5.74, 6) is 1.75. The Bertz CT molecular complexity index is 3200. The molecule has 8 aromatic carbocycles. The van der Waals surface area contributed by atoms with Crippen LogP contribution in [-0.2, 0) is 0 Å². The molecular formula is C51H32N4O. The van der Waals surface area contributed by atoms with E-state index in [2.05, 4.69) is 162 Å². The van der Waals surface area contributed by atoms with Crippen LogP contribution in [0.5, 0.6) is 0 Å². The van der Waals surface area contributed by atoms with E-state index in [1.807, 2.05) is 36.4 Å². The largest absolute Gasteiger partial charge is 0.456 e. The molecule has 56 heavy (non-hydrogen) atoms. The number of aromatic nitrogens is 4. The molecule has 11 aromatic rings. The fraction of sp³-hybridized carbons (Fsp3) is 0. The lowest BCUT2D eigenvalue weighted by molar-refractivity contribution is 0.669. The first-order valence-electron chi connectivity index (χ1n) is 18.8. The number of para-hydroxylation sites is 3. The molecule has 5 heteroatoms. The maximum absolute atomic E-state index is 6.34. The first-order chi connectivity index (χ1) is 27.8. The van der Waals surface area contributed by atoms with Gasteiger partial charge in [0, 0.05) is 38.2 Å². The minimum absolute atomic E-state index is 0.576. The molecule has 0 saturated heterocycles. The van der Waals surface area contributed by atoms with Gasteiger partial charge in [0.1, 0.15) is 11.2 Å². The molecule has 5 nitrogen and oxygen atoms in total. The van der Waals surface area contributed by atoms with E-state index in [4.69, 9.17) is 19.4 Å². The van der Waals surface area contributed by atoms with Crippen molar-refractivity contribution in [2.45, 2.75) is 0 Å². The predicted octanol–water partition coefficient (Wildman–Crippen LogP) is 13.2. The van der Waals surface area contributed by atoms with Crippen molar-refractivity contribution in [3.05, 3.63) is 194 Å². The number of nitrogens with zero attached hydrogens (tertiary/aromatic N) is 4. The molecule has 0 amide bonds. The Labute approximate surface area is 322 Å². The van der Waals surface area contributed by atoms with E-state index in [1.54, 1.807) is 0 Å². The van der Waals surface area contributed by atoms with E-state index in [1.165, 1.54) is 10.8 Å². The molecule has 0 saturated carbocycles. The molecule has 0 aliphatic rings. The first kappa shape index (κ1) is 31.9. The van der Waals surface area contributed by atoms with Crippen LogP contribution in [0.1, 0.15) is 0 Å². The Balaban J connectivity index is 1.21. The van der Waals surface area contributed by atoms with Crippen LogP contribution < -0.4 is 0 Å². The molecule has 3 aromatic heterocycles. The molecule has 0 spiro atoms. The summed E-state index contributed by atoms with van der Waals surface area (Å²) < 4.78 is 8.70. The molecule has 0 atom stereocenters. The number of hydrogen-bond donors (Lipinski definition) is 0. The monoisotopic (exact) mass is 716 g/mol. The SMILES string of the molecule is c1ccc(-c2cccc(-c3nc(-c4ccc(-c5ccccc5)cc4-n4c5ccccc5c5ccccc54)nc(-c4cccc5oc6ccccc6c45)n3)c2)cc1. The van der Waals surface area contributed by atoms with Gasteiger partial charge in [-0.2, -0.15) is 0 Å². The fourth-order valence-corrected chi connectivity index (χ4v) is 8.07. The van der Waals surface area contributed by atoms with Crippen LogP contribution in [0.2, 0.25) is 0 Å². The highest BCUT2D eigenvalue weighted by Gasteiger charge is 2.22. The smallest absolute Gasteiger partial charge is 0.166 e. The van der Waals surface area contributed by atoms with Gasteiger partial charge >= 0.3 is 0 Å². The van der Waals surface area contributed by atoms with Crippen LogP contribution in [-0.4, -0.2) is 19.5 Å². The average molecular weight is 717 g/mol. The highest BCUT2D eigenvalue weighted by atomic mass is 16.3. The third-order valence-electron chi connectivity index (χ3n) is 10.7. The average Bonchev–Trinajstić information content (AvgIpc) is 3.83. The zero-order valence-corrected chi connectivity index (χ0v) is 30.2. The van der Waals surface area contributed by atoms with Crippen molar-refractivity contribution < 1.29 is 4.42 Å². The van der Waals surface area contributed by atoms with E-state index >= 15 is 0 Å². The highest BCUT2D eigenvalue weighted by Crippen LogP contribution is 2.40. The summed E-state index contributed by atoms with van der Waals surface area (Å²) in [6.45, 7) is 0. The van der Waals surface area contributed by atoms with Crippen LogP contribution in [0.15, 0.2) is 199 Å². The number of hydrogen-bond acceptors (Lipinski definition) is 4. The molecule has 0 aliphatic carbocycles. The van der Waals surface area contributed by atoms with Gasteiger partial charge in [-0.25, -0.2) is 15.0 Å². The quantitative estimate of drug-likeness (QED) is 0.172. The van der Waals surface area contributed by atoms with Crippen LogP contribution in [0, 0.1) is 0 Å². The number of benzene rings is 8. The maximum atomic E-state index is 6.34. The van der Waals surface area contributed by atoms with Gasteiger partial charge < -0.3 is 8.98 Å². The van der Waals surface area contributed by atoms with E-state index in [-0.39, 0.29) is 0 Å². The fourth-order valence-electron chi connectivity index (χ4n) is 8.07. The first-order valence-corrected chi connectivity index (χ1v) is 18.8. The molecule has 262 valence electrons.